The van der Waals surface area contributed by atoms with Gasteiger partial charge in [0.2, 0.25) is 0 Å². The number of phenols is 1. The zero-order chi connectivity index (χ0) is 29.7. The molecule has 0 fully saturated rings. The topological polar surface area (TPSA) is 149 Å². The molecule has 2 aromatic carbocycles. The number of carbonyl (C=O) groups is 2. The molecule has 6 aromatic rings. The van der Waals surface area contributed by atoms with Crippen molar-refractivity contribution in [3.05, 3.63) is 100 Å². The number of nitrogens with two attached hydrogens (primary N) is 1. The average molecular weight is 588 g/mol. The number of rotatable bonds is 6. The van der Waals surface area contributed by atoms with Crippen LogP contribution in [0.15, 0.2) is 72.2 Å². The Hall–Kier alpha value is -5.42. The number of amides is 1. The van der Waals surface area contributed by atoms with Gasteiger partial charge < -0.3 is 16.2 Å². The molecule has 1 atom stereocenters. The number of nitrogen functional groups attached to an aromatic ring is 1. The maximum atomic E-state index is 13.0. The van der Waals surface area contributed by atoms with Gasteiger partial charge in [0.05, 0.1) is 17.2 Å². The molecule has 4 heterocycles. The van der Waals surface area contributed by atoms with E-state index in [1.54, 1.807) is 17.5 Å². The van der Waals surface area contributed by atoms with Gasteiger partial charge in [0.15, 0.2) is 17.8 Å². The fourth-order valence-corrected chi connectivity index (χ4v) is 6.27. The van der Waals surface area contributed by atoms with Crippen LogP contribution in [0.2, 0.25) is 0 Å². The predicted molar refractivity (Wildman–Crippen MR) is 164 cm³/mol. The van der Waals surface area contributed by atoms with Crippen LogP contribution in [0.4, 0.5) is 5.82 Å². The Morgan fingerprint density at radius 3 is 2.79 bits per heavy atom. The average Bonchev–Trinajstić information content (AvgIpc) is 3.73. The van der Waals surface area contributed by atoms with E-state index in [2.05, 4.69) is 21.4 Å². The lowest BCUT2D eigenvalue weighted by atomic mass is 10.1. The van der Waals surface area contributed by atoms with E-state index in [0.29, 0.717) is 40.2 Å². The molecule has 7 rings (SSSR count). The molecule has 0 radical (unpaired) electrons. The molecule has 0 saturated carbocycles. The molecule has 0 bridgehead atoms. The van der Waals surface area contributed by atoms with E-state index in [1.165, 1.54) is 18.2 Å². The van der Waals surface area contributed by atoms with Gasteiger partial charge in [-0.25, -0.2) is 19.9 Å². The zero-order valence-electron chi connectivity index (χ0n) is 23.0. The SMILES string of the molecule is Cc1csc(-c2ccc3nc(-c4cccnc4N)n(-c4ccc5c(c4)CC[C@@H]5NC(=O)c4ccc(O)c(C=O)c4)c3n2)n1. The van der Waals surface area contributed by atoms with Gasteiger partial charge in [0.25, 0.3) is 5.91 Å². The van der Waals surface area contributed by atoms with E-state index in [-0.39, 0.29) is 23.3 Å². The number of benzene rings is 2. The Bertz CT molecular complexity index is 2070. The Balaban J connectivity index is 1.29. The van der Waals surface area contributed by atoms with Crippen molar-refractivity contribution in [2.75, 3.05) is 5.73 Å². The first-order chi connectivity index (χ1) is 20.9. The number of anilines is 1. The summed E-state index contributed by atoms with van der Waals surface area (Å²) in [7, 11) is 0. The number of hydrogen-bond donors (Lipinski definition) is 3. The zero-order valence-corrected chi connectivity index (χ0v) is 23.8. The minimum absolute atomic E-state index is 0.0727. The van der Waals surface area contributed by atoms with Gasteiger partial charge in [0, 0.05) is 28.5 Å². The summed E-state index contributed by atoms with van der Waals surface area (Å²) in [6.07, 6.45) is 3.66. The Morgan fingerprint density at radius 1 is 1.12 bits per heavy atom. The number of imidazole rings is 1. The van der Waals surface area contributed by atoms with E-state index in [0.717, 1.165) is 46.1 Å². The number of thiazole rings is 1. The maximum absolute atomic E-state index is 13.0. The minimum Gasteiger partial charge on any atom is -0.507 e. The molecule has 4 N–H and O–H groups in total. The highest BCUT2D eigenvalue weighted by atomic mass is 32.1. The van der Waals surface area contributed by atoms with Crippen LogP contribution in [-0.4, -0.2) is 41.8 Å². The number of aromatic nitrogens is 5. The van der Waals surface area contributed by atoms with Gasteiger partial charge in [0.1, 0.15) is 27.8 Å². The van der Waals surface area contributed by atoms with Crippen molar-refractivity contribution < 1.29 is 14.7 Å². The number of aromatic hydroxyl groups is 1. The van der Waals surface area contributed by atoms with Crippen LogP contribution in [0.5, 0.6) is 5.75 Å². The first-order valence-electron chi connectivity index (χ1n) is 13.6. The fourth-order valence-electron chi connectivity index (χ4n) is 5.50. The second-order valence-corrected chi connectivity index (χ2v) is 11.2. The predicted octanol–water partition coefficient (Wildman–Crippen LogP) is 5.43. The number of aryl methyl sites for hydroxylation is 2. The molecule has 1 amide bonds. The van der Waals surface area contributed by atoms with Crippen LogP contribution in [0.1, 0.15) is 50.0 Å². The molecule has 11 heteroatoms. The molecule has 43 heavy (non-hydrogen) atoms. The molecular weight excluding hydrogens is 562 g/mol. The van der Waals surface area contributed by atoms with E-state index in [9.17, 15) is 14.7 Å². The van der Waals surface area contributed by atoms with Gasteiger partial charge in [-0.05, 0) is 85.5 Å². The van der Waals surface area contributed by atoms with Crippen molar-refractivity contribution in [2.24, 2.45) is 0 Å². The lowest BCUT2D eigenvalue weighted by Crippen LogP contribution is -2.27. The maximum Gasteiger partial charge on any atom is 0.251 e. The van der Waals surface area contributed by atoms with Crippen LogP contribution in [-0.2, 0) is 6.42 Å². The number of nitrogens with one attached hydrogen (secondary N) is 1. The summed E-state index contributed by atoms with van der Waals surface area (Å²) in [6.45, 7) is 1.96. The van der Waals surface area contributed by atoms with Crippen molar-refractivity contribution in [2.45, 2.75) is 25.8 Å². The van der Waals surface area contributed by atoms with Crippen LogP contribution in [0, 0.1) is 6.92 Å². The lowest BCUT2D eigenvalue weighted by Gasteiger charge is -2.16. The highest BCUT2D eigenvalue weighted by Crippen LogP contribution is 2.36. The second kappa shape index (κ2) is 10.4. The monoisotopic (exact) mass is 587 g/mol. The Labute approximate surface area is 249 Å². The molecule has 10 nitrogen and oxygen atoms in total. The Kier molecular flexibility index (Phi) is 6.43. The quantitative estimate of drug-likeness (QED) is 0.218. The molecule has 0 aliphatic heterocycles. The van der Waals surface area contributed by atoms with E-state index >= 15 is 0 Å². The molecule has 0 spiro atoms. The number of aldehydes is 1. The van der Waals surface area contributed by atoms with Gasteiger partial charge in [-0.15, -0.1) is 11.3 Å². The van der Waals surface area contributed by atoms with Crippen molar-refractivity contribution in [3.8, 4) is 33.5 Å². The first-order valence-corrected chi connectivity index (χ1v) is 14.5. The van der Waals surface area contributed by atoms with Crippen molar-refractivity contribution >= 4 is 40.5 Å². The largest absolute Gasteiger partial charge is 0.507 e. The van der Waals surface area contributed by atoms with Crippen LogP contribution in [0.3, 0.4) is 0 Å². The molecule has 1 aliphatic rings. The van der Waals surface area contributed by atoms with Crippen LogP contribution in [0.25, 0.3) is 38.9 Å². The number of hydrogen-bond acceptors (Lipinski definition) is 9. The summed E-state index contributed by atoms with van der Waals surface area (Å²) in [6, 6.07) is 17.8. The normalized spacial score (nSPS) is 14.1. The van der Waals surface area contributed by atoms with Gasteiger partial charge in [-0.3, -0.25) is 14.2 Å². The van der Waals surface area contributed by atoms with Gasteiger partial charge in [-0.1, -0.05) is 6.07 Å². The second-order valence-electron chi connectivity index (χ2n) is 10.4. The van der Waals surface area contributed by atoms with Crippen molar-refractivity contribution in [1.82, 2.24) is 29.8 Å². The van der Waals surface area contributed by atoms with Crippen molar-refractivity contribution in [1.29, 1.82) is 0 Å². The summed E-state index contributed by atoms with van der Waals surface area (Å²) >= 11 is 1.54. The molecule has 212 valence electrons. The minimum atomic E-state index is -0.311. The van der Waals surface area contributed by atoms with Crippen LogP contribution >= 0.6 is 11.3 Å². The number of fused-ring (bicyclic) bond motifs is 2. The third-order valence-electron chi connectivity index (χ3n) is 7.61. The summed E-state index contributed by atoms with van der Waals surface area (Å²) in [5, 5.41) is 15.7. The van der Waals surface area contributed by atoms with E-state index < -0.39 is 0 Å². The number of carbonyl (C=O) groups excluding carboxylic acids is 2. The van der Waals surface area contributed by atoms with Gasteiger partial charge >= 0.3 is 0 Å². The standard InChI is InChI=1S/C32H25N7O3S/c1-17-16-43-32(35-17)26-10-9-25-30(37-26)39(29(36-25)23-3-2-12-34-28(23)33)21-6-7-22-18(14-21)4-8-24(22)38-31(42)19-5-11-27(41)20(13-19)15-40/h2-3,5-7,9-16,24,41H,4,8H2,1H3,(H2,33,34)(H,38,42)/t24-/m0/s1. The highest BCUT2D eigenvalue weighted by Gasteiger charge is 2.26. The molecule has 4 aromatic heterocycles. The van der Waals surface area contributed by atoms with E-state index in [4.69, 9.17) is 15.7 Å². The number of phenolic OH excluding ortho intramolecular Hbond substituents is 1. The molecule has 0 saturated heterocycles. The fraction of sp³-hybridized carbons (Fsp3) is 0.125. The smallest absolute Gasteiger partial charge is 0.251 e. The lowest BCUT2D eigenvalue weighted by molar-refractivity contribution is 0.0936. The summed E-state index contributed by atoms with van der Waals surface area (Å²) in [5.41, 5.74) is 13.4. The number of pyridine rings is 2. The molecule has 0 unspecified atom stereocenters. The Morgan fingerprint density at radius 2 is 2.00 bits per heavy atom. The van der Waals surface area contributed by atoms with Crippen molar-refractivity contribution in [3.63, 3.8) is 0 Å². The van der Waals surface area contributed by atoms with E-state index in [1.807, 2.05) is 53.3 Å². The summed E-state index contributed by atoms with van der Waals surface area (Å²) in [5.74, 6) is 0.523. The molecule has 1 aliphatic carbocycles. The number of nitrogens with zero attached hydrogens (tertiary/aromatic N) is 5. The molecular formula is C32H25N7O3S. The third-order valence-corrected chi connectivity index (χ3v) is 8.59. The third kappa shape index (κ3) is 4.69. The summed E-state index contributed by atoms with van der Waals surface area (Å²) in [4.78, 5) is 43.1. The first kappa shape index (κ1) is 26.5. The summed E-state index contributed by atoms with van der Waals surface area (Å²) < 4.78 is 2.00. The van der Waals surface area contributed by atoms with Gasteiger partial charge in [-0.2, -0.15) is 0 Å². The highest BCUT2D eigenvalue weighted by molar-refractivity contribution is 7.13. The van der Waals surface area contributed by atoms with Crippen LogP contribution < -0.4 is 11.1 Å².